The second-order valence-corrected chi connectivity index (χ2v) is 5.63. The van der Waals surface area contributed by atoms with Gasteiger partial charge < -0.3 is 9.73 Å². The van der Waals surface area contributed by atoms with Crippen LogP contribution in [0.4, 0.5) is 10.1 Å². The van der Waals surface area contributed by atoms with Crippen molar-refractivity contribution in [3.8, 4) is 0 Å². The van der Waals surface area contributed by atoms with Gasteiger partial charge in [-0.05, 0) is 48.0 Å². The highest BCUT2D eigenvalue weighted by Gasteiger charge is 2.14. The van der Waals surface area contributed by atoms with Crippen LogP contribution in [0.3, 0.4) is 0 Å². The molecule has 0 radical (unpaired) electrons. The Hall–Kier alpha value is -2.60. The number of carbonyl (C=O) groups excluding carboxylic acids is 1. The number of thioether (sulfide) groups is 1. The summed E-state index contributed by atoms with van der Waals surface area (Å²) >= 11 is 1.48. The van der Waals surface area contributed by atoms with Crippen molar-refractivity contribution in [2.24, 2.45) is 0 Å². The van der Waals surface area contributed by atoms with Gasteiger partial charge in [-0.1, -0.05) is 12.1 Å². The second kappa shape index (κ2) is 6.26. The Bertz CT molecular complexity index is 952. The smallest absolute Gasteiger partial charge is 0.344 e. The molecule has 0 saturated heterocycles. The Morgan fingerprint density at radius 1 is 1.17 bits per heavy atom. The third-order valence-corrected chi connectivity index (χ3v) is 4.10. The van der Waals surface area contributed by atoms with Gasteiger partial charge in [-0.25, -0.2) is 9.18 Å². The van der Waals surface area contributed by atoms with Crippen LogP contribution < -0.4 is 10.9 Å². The molecule has 0 bridgehead atoms. The molecule has 3 rings (SSSR count). The Morgan fingerprint density at radius 3 is 2.74 bits per heavy atom. The van der Waals surface area contributed by atoms with Crippen molar-refractivity contribution in [3.63, 3.8) is 0 Å². The lowest BCUT2D eigenvalue weighted by Crippen LogP contribution is -2.15. The summed E-state index contributed by atoms with van der Waals surface area (Å²) in [6.45, 7) is 0. The van der Waals surface area contributed by atoms with Crippen LogP contribution >= 0.6 is 11.8 Å². The fraction of sp³-hybridized carbons (Fsp3) is 0.0588. The quantitative estimate of drug-likeness (QED) is 0.740. The lowest BCUT2D eigenvalue weighted by Gasteiger charge is -2.08. The molecule has 0 aliphatic carbocycles. The van der Waals surface area contributed by atoms with E-state index in [1.54, 1.807) is 12.1 Å². The van der Waals surface area contributed by atoms with Crippen LogP contribution in [0.2, 0.25) is 0 Å². The molecular formula is C17H12FNO3S. The molecule has 116 valence electrons. The zero-order valence-electron chi connectivity index (χ0n) is 12.1. The summed E-state index contributed by atoms with van der Waals surface area (Å²) in [4.78, 5) is 25.1. The molecule has 1 heterocycles. The Balaban J connectivity index is 1.99. The van der Waals surface area contributed by atoms with Crippen LogP contribution in [-0.4, -0.2) is 12.2 Å². The number of nitrogens with one attached hydrogen (secondary N) is 1. The molecule has 0 saturated carbocycles. The summed E-state index contributed by atoms with van der Waals surface area (Å²) in [7, 11) is 0. The van der Waals surface area contributed by atoms with Gasteiger partial charge in [0.25, 0.3) is 5.91 Å². The molecule has 0 aliphatic heterocycles. The van der Waals surface area contributed by atoms with Crippen LogP contribution in [0.5, 0.6) is 0 Å². The number of rotatable bonds is 3. The number of anilines is 1. The van der Waals surface area contributed by atoms with E-state index in [-0.39, 0.29) is 11.1 Å². The fourth-order valence-corrected chi connectivity index (χ4v) is 2.76. The minimum absolute atomic E-state index is 0.163. The van der Waals surface area contributed by atoms with Crippen LogP contribution in [0.1, 0.15) is 10.6 Å². The van der Waals surface area contributed by atoms with Gasteiger partial charge in [0.15, 0.2) is 5.76 Å². The van der Waals surface area contributed by atoms with Crippen molar-refractivity contribution in [2.75, 3.05) is 11.6 Å². The lowest BCUT2D eigenvalue weighted by atomic mass is 10.1. The number of hydrogen-bond acceptors (Lipinski definition) is 4. The Labute approximate surface area is 135 Å². The van der Waals surface area contributed by atoms with E-state index in [2.05, 4.69) is 5.32 Å². The van der Waals surface area contributed by atoms with Crippen LogP contribution in [0, 0.1) is 5.82 Å². The maximum atomic E-state index is 13.3. The van der Waals surface area contributed by atoms with Gasteiger partial charge in [0, 0.05) is 4.90 Å². The summed E-state index contributed by atoms with van der Waals surface area (Å²) in [5.74, 6) is -1.21. The largest absolute Gasteiger partial charge is 0.417 e. The molecule has 4 nitrogen and oxygen atoms in total. The van der Waals surface area contributed by atoms with Crippen LogP contribution in [0.15, 0.2) is 62.6 Å². The van der Waals surface area contributed by atoms with Crippen molar-refractivity contribution in [1.29, 1.82) is 0 Å². The Morgan fingerprint density at radius 2 is 1.96 bits per heavy atom. The topological polar surface area (TPSA) is 59.3 Å². The maximum Gasteiger partial charge on any atom is 0.344 e. The maximum absolute atomic E-state index is 13.3. The van der Waals surface area contributed by atoms with E-state index in [1.165, 1.54) is 36.0 Å². The molecule has 6 heteroatoms. The highest BCUT2D eigenvalue weighted by molar-refractivity contribution is 7.98. The van der Waals surface area contributed by atoms with Crippen molar-refractivity contribution in [2.45, 2.75) is 4.90 Å². The third kappa shape index (κ3) is 3.12. The summed E-state index contributed by atoms with van der Waals surface area (Å²) in [6.07, 6.45) is 1.89. The van der Waals surface area contributed by atoms with Gasteiger partial charge >= 0.3 is 5.63 Å². The zero-order chi connectivity index (χ0) is 16.4. The van der Waals surface area contributed by atoms with Gasteiger partial charge in [-0.3, -0.25) is 4.79 Å². The molecule has 23 heavy (non-hydrogen) atoms. The first-order chi connectivity index (χ1) is 11.1. The highest BCUT2D eigenvalue weighted by Crippen LogP contribution is 2.25. The van der Waals surface area contributed by atoms with E-state index < -0.39 is 17.3 Å². The fourth-order valence-electron chi connectivity index (χ4n) is 2.21. The first-order valence-electron chi connectivity index (χ1n) is 6.76. The Kier molecular flexibility index (Phi) is 4.16. The van der Waals surface area contributed by atoms with E-state index in [1.807, 2.05) is 18.4 Å². The number of amides is 1. The predicted molar refractivity (Wildman–Crippen MR) is 88.6 cm³/mol. The van der Waals surface area contributed by atoms with Crippen molar-refractivity contribution < 1.29 is 13.6 Å². The molecule has 1 amide bonds. The molecule has 1 N–H and O–H groups in total. The molecule has 1 aromatic heterocycles. The van der Waals surface area contributed by atoms with Crippen LogP contribution in [0.25, 0.3) is 10.8 Å². The molecule has 0 fully saturated rings. The number of halogens is 1. The van der Waals surface area contributed by atoms with Crippen LogP contribution in [-0.2, 0) is 0 Å². The first kappa shape index (κ1) is 15.3. The average Bonchev–Trinajstić information content (AvgIpc) is 2.54. The number of fused-ring (bicyclic) bond motifs is 1. The van der Waals surface area contributed by atoms with E-state index in [0.29, 0.717) is 11.1 Å². The molecular weight excluding hydrogens is 317 g/mol. The van der Waals surface area contributed by atoms with E-state index in [0.717, 1.165) is 4.90 Å². The van der Waals surface area contributed by atoms with Gasteiger partial charge in [-0.15, -0.1) is 11.8 Å². The first-order valence-corrected chi connectivity index (χ1v) is 7.99. The number of carbonyl (C=O) groups is 1. The minimum atomic E-state index is -0.675. The number of benzene rings is 2. The molecule has 3 aromatic rings. The summed E-state index contributed by atoms with van der Waals surface area (Å²) in [6, 6.07) is 12.3. The lowest BCUT2D eigenvalue weighted by molar-refractivity contribution is 0.0992. The highest BCUT2D eigenvalue weighted by atomic mass is 32.2. The van der Waals surface area contributed by atoms with Gasteiger partial charge in [0.1, 0.15) is 5.82 Å². The third-order valence-electron chi connectivity index (χ3n) is 3.30. The summed E-state index contributed by atoms with van der Waals surface area (Å²) in [5, 5.41) is 3.25. The monoisotopic (exact) mass is 329 g/mol. The molecule has 0 aliphatic rings. The zero-order valence-corrected chi connectivity index (χ0v) is 12.9. The van der Waals surface area contributed by atoms with E-state index in [4.69, 9.17) is 4.42 Å². The van der Waals surface area contributed by atoms with E-state index >= 15 is 0 Å². The molecule has 0 spiro atoms. The van der Waals surface area contributed by atoms with Crippen molar-refractivity contribution in [3.05, 3.63) is 70.5 Å². The second-order valence-electron chi connectivity index (χ2n) is 4.78. The summed E-state index contributed by atoms with van der Waals surface area (Å²) < 4.78 is 18.4. The predicted octanol–water partition coefficient (Wildman–Crippen LogP) is 3.91. The average molecular weight is 329 g/mol. The van der Waals surface area contributed by atoms with Gasteiger partial charge in [0.05, 0.1) is 11.1 Å². The SMILES string of the molecule is CSc1ccccc1NC(=O)c1cc2cc(F)ccc2c(=O)o1. The number of hydrogen-bond donors (Lipinski definition) is 1. The van der Waals surface area contributed by atoms with Gasteiger partial charge in [-0.2, -0.15) is 0 Å². The van der Waals surface area contributed by atoms with Gasteiger partial charge in [0.2, 0.25) is 0 Å². The normalized spacial score (nSPS) is 10.7. The standard InChI is InChI=1S/C17H12FNO3S/c1-23-15-5-3-2-4-13(15)19-16(20)14-9-10-8-11(18)6-7-12(10)17(21)22-14/h2-9H,1H3,(H,19,20). The molecule has 2 aromatic carbocycles. The van der Waals surface area contributed by atoms with Crippen molar-refractivity contribution >= 4 is 34.1 Å². The minimum Gasteiger partial charge on any atom is -0.417 e. The number of para-hydroxylation sites is 1. The van der Waals surface area contributed by atoms with E-state index in [9.17, 15) is 14.0 Å². The van der Waals surface area contributed by atoms with Crippen molar-refractivity contribution in [1.82, 2.24) is 0 Å². The molecule has 0 unspecified atom stereocenters. The summed E-state index contributed by atoms with van der Waals surface area (Å²) in [5.41, 5.74) is -0.0576. The molecule has 0 atom stereocenters.